The van der Waals surface area contributed by atoms with Crippen molar-refractivity contribution in [1.29, 1.82) is 0 Å². The third-order valence-electron chi connectivity index (χ3n) is 1.89. The number of amides is 1. The van der Waals surface area contributed by atoms with Gasteiger partial charge in [-0.3, -0.25) is 4.79 Å². The Balaban J connectivity index is 3.12. The van der Waals surface area contributed by atoms with Crippen molar-refractivity contribution in [1.82, 2.24) is 0 Å². The van der Waals surface area contributed by atoms with Crippen LogP contribution in [0, 0.1) is 0 Å². The molecule has 0 bridgehead atoms. The number of alkyl halides is 1. The lowest BCUT2D eigenvalue weighted by Crippen LogP contribution is -2.20. The summed E-state index contributed by atoms with van der Waals surface area (Å²) >= 11 is 8.91. The minimum Gasteiger partial charge on any atom is -0.324 e. The van der Waals surface area contributed by atoms with Gasteiger partial charge in [-0.05, 0) is 25.1 Å². The van der Waals surface area contributed by atoms with Gasteiger partial charge in [-0.25, -0.2) is 13.6 Å². The van der Waals surface area contributed by atoms with Crippen LogP contribution in [0.25, 0.3) is 0 Å². The molecule has 0 radical (unpaired) electrons. The van der Waals surface area contributed by atoms with Gasteiger partial charge in [0.15, 0.2) is 0 Å². The number of hydrogen-bond donors (Lipinski definition) is 2. The number of primary sulfonamides is 1. The average molecular weight is 342 g/mol. The zero-order valence-electron chi connectivity index (χ0n) is 8.78. The highest BCUT2D eigenvalue weighted by Crippen LogP contribution is 2.25. The largest absolute Gasteiger partial charge is 0.324 e. The second kappa shape index (κ2) is 5.34. The molecule has 3 N–H and O–H groups in total. The number of anilines is 1. The molecule has 0 aliphatic rings. The van der Waals surface area contributed by atoms with Gasteiger partial charge in [-0.2, -0.15) is 0 Å². The van der Waals surface area contributed by atoms with E-state index in [2.05, 4.69) is 21.2 Å². The molecule has 0 heterocycles. The van der Waals surface area contributed by atoms with Gasteiger partial charge in [0, 0.05) is 0 Å². The normalized spacial score (nSPS) is 13.2. The van der Waals surface area contributed by atoms with E-state index in [-0.39, 0.29) is 21.5 Å². The van der Waals surface area contributed by atoms with Crippen LogP contribution in [-0.4, -0.2) is 19.2 Å². The maximum Gasteiger partial charge on any atom is 0.238 e. The summed E-state index contributed by atoms with van der Waals surface area (Å²) in [6.45, 7) is 1.63. The van der Waals surface area contributed by atoms with Gasteiger partial charge in [0.05, 0.1) is 20.4 Å². The quantitative estimate of drug-likeness (QED) is 0.820. The minimum absolute atomic E-state index is 0.112. The van der Waals surface area contributed by atoms with Crippen molar-refractivity contribution in [3.63, 3.8) is 0 Å². The van der Waals surface area contributed by atoms with E-state index in [1.807, 2.05) is 0 Å². The molecule has 1 rings (SSSR count). The topological polar surface area (TPSA) is 89.3 Å². The number of rotatable bonds is 3. The lowest BCUT2D eigenvalue weighted by molar-refractivity contribution is -0.115. The molecule has 0 aliphatic carbocycles. The average Bonchev–Trinajstić information content (AvgIpc) is 2.19. The summed E-state index contributed by atoms with van der Waals surface area (Å²) in [7, 11) is -3.82. The van der Waals surface area contributed by atoms with Gasteiger partial charge in [0.2, 0.25) is 15.9 Å². The molecule has 0 saturated carbocycles. The second-order valence-corrected chi connectivity index (χ2v) is 6.63. The van der Waals surface area contributed by atoms with E-state index in [4.69, 9.17) is 16.7 Å². The third kappa shape index (κ3) is 3.95. The molecule has 1 unspecified atom stereocenters. The number of carbonyl (C=O) groups excluding carboxylic acids is 1. The number of benzene rings is 1. The van der Waals surface area contributed by atoms with E-state index in [0.717, 1.165) is 0 Å². The van der Waals surface area contributed by atoms with Crippen LogP contribution in [0.15, 0.2) is 23.1 Å². The molecule has 8 heteroatoms. The number of halogens is 2. The molecule has 1 aromatic carbocycles. The monoisotopic (exact) mass is 340 g/mol. The summed E-state index contributed by atoms with van der Waals surface area (Å²) < 4.78 is 22.3. The fourth-order valence-electron chi connectivity index (χ4n) is 1.01. The molecule has 1 atom stereocenters. The number of hydrogen-bond acceptors (Lipinski definition) is 3. The van der Waals surface area contributed by atoms with Crippen LogP contribution in [0.1, 0.15) is 6.92 Å². The fraction of sp³-hybridized carbons (Fsp3) is 0.222. The molecule has 94 valence electrons. The zero-order chi connectivity index (χ0) is 13.2. The van der Waals surface area contributed by atoms with Crippen molar-refractivity contribution >= 4 is 49.1 Å². The summed E-state index contributed by atoms with van der Waals surface area (Å²) in [6, 6.07) is 3.84. The molecule has 0 saturated heterocycles. The van der Waals surface area contributed by atoms with Crippen molar-refractivity contribution in [2.24, 2.45) is 5.14 Å². The molecule has 0 aromatic heterocycles. The highest BCUT2D eigenvalue weighted by molar-refractivity contribution is 9.10. The molecule has 1 amide bonds. The van der Waals surface area contributed by atoms with Crippen molar-refractivity contribution in [2.45, 2.75) is 16.6 Å². The van der Waals surface area contributed by atoms with Gasteiger partial charge >= 0.3 is 0 Å². The van der Waals surface area contributed by atoms with Gasteiger partial charge in [0.25, 0.3) is 0 Å². The van der Waals surface area contributed by atoms with Crippen LogP contribution in [0.5, 0.6) is 0 Å². The van der Waals surface area contributed by atoms with Gasteiger partial charge < -0.3 is 5.32 Å². The zero-order valence-corrected chi connectivity index (χ0v) is 11.9. The highest BCUT2D eigenvalue weighted by atomic mass is 79.9. The lowest BCUT2D eigenvalue weighted by atomic mass is 10.3. The van der Waals surface area contributed by atoms with Crippen LogP contribution < -0.4 is 10.5 Å². The Morgan fingerprint density at radius 2 is 2.12 bits per heavy atom. The van der Waals surface area contributed by atoms with E-state index < -0.39 is 14.9 Å². The Bertz CT molecular complexity index is 545. The predicted molar refractivity (Wildman–Crippen MR) is 69.8 cm³/mol. The van der Waals surface area contributed by atoms with Gasteiger partial charge in [0.1, 0.15) is 0 Å². The standard InChI is InChI=1S/C9H10BrClN2O3S/c1-5(10)9(14)13-8-4-6(17(12,15)16)2-3-7(8)11/h2-5H,1H3,(H,13,14)(H2,12,15,16). The first-order chi connectivity index (χ1) is 7.71. The first kappa shape index (κ1) is 14.4. The van der Waals surface area contributed by atoms with E-state index in [9.17, 15) is 13.2 Å². The predicted octanol–water partition coefficient (Wildman–Crippen LogP) is 1.71. The highest BCUT2D eigenvalue weighted by Gasteiger charge is 2.14. The molecule has 0 fully saturated rings. The number of sulfonamides is 1. The van der Waals surface area contributed by atoms with Gasteiger partial charge in [-0.1, -0.05) is 27.5 Å². The molecule has 17 heavy (non-hydrogen) atoms. The first-order valence-electron chi connectivity index (χ1n) is 4.49. The third-order valence-corrected chi connectivity index (χ3v) is 3.54. The van der Waals surface area contributed by atoms with Crippen LogP contribution in [0.3, 0.4) is 0 Å². The number of nitrogens with one attached hydrogen (secondary N) is 1. The Morgan fingerprint density at radius 3 is 2.59 bits per heavy atom. The Labute approximate surface area is 113 Å². The SMILES string of the molecule is CC(Br)C(=O)Nc1cc(S(N)(=O)=O)ccc1Cl. The summed E-state index contributed by atoms with van der Waals surface area (Å²) in [6.07, 6.45) is 0. The molecular weight excluding hydrogens is 332 g/mol. The smallest absolute Gasteiger partial charge is 0.238 e. The summed E-state index contributed by atoms with van der Waals surface area (Å²) in [4.78, 5) is 10.9. The van der Waals surface area contributed by atoms with Crippen molar-refractivity contribution in [3.8, 4) is 0 Å². The van der Waals surface area contributed by atoms with E-state index in [0.29, 0.717) is 0 Å². The van der Waals surface area contributed by atoms with Crippen molar-refractivity contribution < 1.29 is 13.2 Å². The molecule has 1 aromatic rings. The molecule has 5 nitrogen and oxygen atoms in total. The van der Waals surface area contributed by atoms with Crippen molar-refractivity contribution in [3.05, 3.63) is 23.2 Å². The van der Waals surface area contributed by atoms with Gasteiger partial charge in [-0.15, -0.1) is 0 Å². The minimum atomic E-state index is -3.82. The number of carbonyl (C=O) groups is 1. The van der Waals surface area contributed by atoms with Crippen LogP contribution in [0.4, 0.5) is 5.69 Å². The van der Waals surface area contributed by atoms with E-state index in [1.54, 1.807) is 6.92 Å². The number of nitrogens with two attached hydrogens (primary N) is 1. The first-order valence-corrected chi connectivity index (χ1v) is 7.33. The van der Waals surface area contributed by atoms with Crippen LogP contribution in [-0.2, 0) is 14.8 Å². The summed E-state index contributed by atoms with van der Waals surface area (Å²) in [5, 5.41) is 7.69. The van der Waals surface area contributed by atoms with Crippen LogP contribution in [0.2, 0.25) is 5.02 Å². The summed E-state index contributed by atoms with van der Waals surface area (Å²) in [5.41, 5.74) is 0.203. The fourth-order valence-corrected chi connectivity index (χ4v) is 1.83. The Kier molecular flexibility index (Phi) is 4.54. The van der Waals surface area contributed by atoms with Crippen molar-refractivity contribution in [2.75, 3.05) is 5.32 Å². The second-order valence-electron chi connectivity index (χ2n) is 3.29. The van der Waals surface area contributed by atoms with Crippen LogP contribution >= 0.6 is 27.5 Å². The lowest BCUT2D eigenvalue weighted by Gasteiger charge is -2.09. The van der Waals surface area contributed by atoms with E-state index >= 15 is 0 Å². The Hall–Kier alpha value is -0.630. The maximum absolute atomic E-state index is 11.4. The molecular formula is C9H10BrClN2O3S. The molecule has 0 spiro atoms. The molecule has 0 aliphatic heterocycles. The summed E-state index contributed by atoms with van der Waals surface area (Å²) in [5.74, 6) is -0.335. The maximum atomic E-state index is 11.4. The Morgan fingerprint density at radius 1 is 1.53 bits per heavy atom. The van der Waals surface area contributed by atoms with E-state index in [1.165, 1.54) is 18.2 Å².